The van der Waals surface area contributed by atoms with Crippen LogP contribution in [-0.4, -0.2) is 22.9 Å². The van der Waals surface area contributed by atoms with Gasteiger partial charge in [-0.2, -0.15) is 5.10 Å². The summed E-state index contributed by atoms with van der Waals surface area (Å²) in [4.78, 5) is 0. The number of rotatable bonds is 6. The summed E-state index contributed by atoms with van der Waals surface area (Å²) in [5, 5.41) is 7.69. The van der Waals surface area contributed by atoms with E-state index < -0.39 is 0 Å². The first-order chi connectivity index (χ1) is 7.27. The second-order valence-electron chi connectivity index (χ2n) is 4.71. The monoisotopic (exact) mass is 207 g/mol. The smallest absolute Gasteiger partial charge is 0.0492 e. The minimum atomic E-state index is 0.858. The highest BCUT2D eigenvalue weighted by molar-refractivity contribution is 5.00. The Balaban J connectivity index is 1.60. The Morgan fingerprint density at radius 1 is 1.60 bits per heavy atom. The summed E-state index contributed by atoms with van der Waals surface area (Å²) in [6, 6.07) is 2.09. The minimum absolute atomic E-state index is 0.858. The second-order valence-corrected chi connectivity index (χ2v) is 4.71. The predicted octanol–water partition coefficient (Wildman–Crippen LogP) is 1.60. The number of nitrogens with zero attached hydrogens (tertiary/aromatic N) is 2. The van der Waals surface area contributed by atoms with Gasteiger partial charge in [0.15, 0.2) is 0 Å². The van der Waals surface area contributed by atoms with Gasteiger partial charge in [0.05, 0.1) is 0 Å². The van der Waals surface area contributed by atoms with E-state index in [9.17, 15) is 0 Å². The Kier molecular flexibility index (Phi) is 3.41. The van der Waals surface area contributed by atoms with E-state index in [2.05, 4.69) is 23.4 Å². The van der Waals surface area contributed by atoms with E-state index in [0.29, 0.717) is 0 Å². The van der Waals surface area contributed by atoms with E-state index in [1.165, 1.54) is 25.1 Å². The third-order valence-corrected chi connectivity index (χ3v) is 3.37. The number of hydrogen-bond donors (Lipinski definition) is 1. The minimum Gasteiger partial charge on any atom is -0.316 e. The van der Waals surface area contributed by atoms with Crippen molar-refractivity contribution in [2.24, 2.45) is 18.9 Å². The first-order valence-corrected chi connectivity index (χ1v) is 5.95. The van der Waals surface area contributed by atoms with E-state index in [1.54, 1.807) is 0 Å². The number of aryl methyl sites for hydroxylation is 1. The lowest BCUT2D eigenvalue weighted by Crippen LogP contribution is -2.25. The van der Waals surface area contributed by atoms with Gasteiger partial charge in [-0.15, -0.1) is 0 Å². The van der Waals surface area contributed by atoms with E-state index in [1.807, 2.05) is 17.9 Å². The zero-order valence-electron chi connectivity index (χ0n) is 9.74. The molecule has 1 aromatic rings. The molecule has 0 saturated heterocycles. The van der Waals surface area contributed by atoms with Crippen molar-refractivity contribution in [2.45, 2.75) is 26.2 Å². The van der Waals surface area contributed by atoms with Crippen LogP contribution in [0.1, 0.15) is 25.5 Å². The lowest BCUT2D eigenvalue weighted by Gasteiger charge is -2.11. The molecule has 0 amide bonds. The van der Waals surface area contributed by atoms with Crippen molar-refractivity contribution in [3.05, 3.63) is 18.0 Å². The van der Waals surface area contributed by atoms with Gasteiger partial charge in [-0.1, -0.05) is 6.92 Å². The Morgan fingerprint density at radius 3 is 3.00 bits per heavy atom. The predicted molar refractivity (Wildman–Crippen MR) is 61.7 cm³/mol. The standard InChI is InChI=1S/C12H21N3/c1-10(11-3-4-11)9-13-7-5-12-6-8-14-15(12)2/h6,8,10-11,13H,3-5,7,9H2,1-2H3. The molecule has 15 heavy (non-hydrogen) atoms. The Morgan fingerprint density at radius 2 is 2.40 bits per heavy atom. The highest BCUT2D eigenvalue weighted by Gasteiger charge is 2.27. The summed E-state index contributed by atoms with van der Waals surface area (Å²) < 4.78 is 1.95. The van der Waals surface area contributed by atoms with Crippen LogP contribution >= 0.6 is 0 Å². The van der Waals surface area contributed by atoms with Crippen LogP contribution in [-0.2, 0) is 13.5 Å². The second kappa shape index (κ2) is 4.79. The molecule has 1 saturated carbocycles. The average Bonchev–Trinajstić information content (AvgIpc) is 2.99. The van der Waals surface area contributed by atoms with Gasteiger partial charge in [-0.05, 0) is 37.3 Å². The molecule has 1 atom stereocenters. The van der Waals surface area contributed by atoms with Crippen molar-refractivity contribution < 1.29 is 0 Å². The summed E-state index contributed by atoms with van der Waals surface area (Å²) in [6.45, 7) is 4.59. The van der Waals surface area contributed by atoms with Crippen molar-refractivity contribution >= 4 is 0 Å². The van der Waals surface area contributed by atoms with Crippen LogP contribution in [0, 0.1) is 11.8 Å². The molecular formula is C12H21N3. The lowest BCUT2D eigenvalue weighted by atomic mass is 10.1. The summed E-state index contributed by atoms with van der Waals surface area (Å²) in [5.41, 5.74) is 1.31. The SMILES string of the molecule is CC(CNCCc1ccnn1C)C1CC1. The highest BCUT2D eigenvalue weighted by atomic mass is 15.3. The van der Waals surface area contributed by atoms with Crippen LogP contribution in [0.2, 0.25) is 0 Å². The Bertz CT molecular complexity index is 302. The number of hydrogen-bond acceptors (Lipinski definition) is 2. The lowest BCUT2D eigenvalue weighted by molar-refractivity contribution is 0.462. The molecule has 1 N–H and O–H groups in total. The van der Waals surface area contributed by atoms with Crippen molar-refractivity contribution in [2.75, 3.05) is 13.1 Å². The van der Waals surface area contributed by atoms with Crippen molar-refractivity contribution in [1.82, 2.24) is 15.1 Å². The Labute approximate surface area is 91.9 Å². The van der Waals surface area contributed by atoms with E-state index in [-0.39, 0.29) is 0 Å². The first-order valence-electron chi connectivity index (χ1n) is 5.95. The molecule has 0 spiro atoms. The molecule has 3 nitrogen and oxygen atoms in total. The van der Waals surface area contributed by atoms with E-state index in [4.69, 9.17) is 0 Å². The molecule has 0 aliphatic heterocycles. The fraction of sp³-hybridized carbons (Fsp3) is 0.750. The van der Waals surface area contributed by atoms with Gasteiger partial charge in [-0.25, -0.2) is 0 Å². The molecule has 0 radical (unpaired) electrons. The summed E-state index contributed by atoms with van der Waals surface area (Å²) >= 11 is 0. The molecule has 84 valence electrons. The molecule has 1 aliphatic carbocycles. The van der Waals surface area contributed by atoms with Crippen molar-refractivity contribution in [1.29, 1.82) is 0 Å². The summed E-state index contributed by atoms with van der Waals surface area (Å²) in [5.74, 6) is 1.87. The topological polar surface area (TPSA) is 29.9 Å². The quantitative estimate of drug-likeness (QED) is 0.718. The molecule has 2 rings (SSSR count). The summed E-state index contributed by atoms with van der Waals surface area (Å²) in [7, 11) is 2.00. The zero-order chi connectivity index (χ0) is 10.7. The van der Waals surface area contributed by atoms with Crippen molar-refractivity contribution in [3.63, 3.8) is 0 Å². The maximum absolute atomic E-state index is 4.16. The molecule has 1 fully saturated rings. The zero-order valence-corrected chi connectivity index (χ0v) is 9.74. The summed E-state index contributed by atoms with van der Waals surface area (Å²) in [6.07, 6.45) is 5.84. The van der Waals surface area contributed by atoms with Gasteiger partial charge in [0.1, 0.15) is 0 Å². The molecule has 1 unspecified atom stereocenters. The van der Waals surface area contributed by atoms with Crippen LogP contribution in [0.25, 0.3) is 0 Å². The fourth-order valence-corrected chi connectivity index (χ4v) is 2.02. The molecule has 0 aromatic carbocycles. The van der Waals surface area contributed by atoms with Gasteiger partial charge >= 0.3 is 0 Å². The van der Waals surface area contributed by atoms with Crippen LogP contribution in [0.4, 0.5) is 0 Å². The highest BCUT2D eigenvalue weighted by Crippen LogP contribution is 2.35. The molecule has 3 heteroatoms. The molecule has 1 heterocycles. The van der Waals surface area contributed by atoms with Crippen molar-refractivity contribution in [3.8, 4) is 0 Å². The third-order valence-electron chi connectivity index (χ3n) is 3.37. The normalized spacial score (nSPS) is 18.0. The number of aromatic nitrogens is 2. The van der Waals surface area contributed by atoms with Crippen LogP contribution in [0.5, 0.6) is 0 Å². The van der Waals surface area contributed by atoms with Gasteiger partial charge < -0.3 is 5.32 Å². The van der Waals surface area contributed by atoms with Gasteiger partial charge in [-0.3, -0.25) is 4.68 Å². The average molecular weight is 207 g/mol. The van der Waals surface area contributed by atoms with E-state index in [0.717, 1.165) is 24.8 Å². The van der Waals surface area contributed by atoms with Gasteiger partial charge in [0.2, 0.25) is 0 Å². The first kappa shape index (κ1) is 10.7. The third kappa shape index (κ3) is 3.06. The molecule has 0 bridgehead atoms. The van der Waals surface area contributed by atoms with Gasteiger partial charge in [0.25, 0.3) is 0 Å². The Hall–Kier alpha value is -0.830. The van der Waals surface area contributed by atoms with E-state index >= 15 is 0 Å². The van der Waals surface area contributed by atoms with Crippen LogP contribution in [0.15, 0.2) is 12.3 Å². The molecular weight excluding hydrogens is 186 g/mol. The maximum Gasteiger partial charge on any atom is 0.0492 e. The fourth-order valence-electron chi connectivity index (χ4n) is 2.02. The maximum atomic E-state index is 4.16. The van der Waals surface area contributed by atoms with Crippen LogP contribution in [0.3, 0.4) is 0 Å². The molecule has 1 aliphatic rings. The van der Waals surface area contributed by atoms with Gasteiger partial charge in [0, 0.05) is 31.9 Å². The largest absolute Gasteiger partial charge is 0.316 e. The molecule has 1 aromatic heterocycles. The number of nitrogens with one attached hydrogen (secondary N) is 1. The van der Waals surface area contributed by atoms with Crippen LogP contribution < -0.4 is 5.32 Å².